The number of hydrogen-bond donors (Lipinski definition) is 1. The Morgan fingerprint density at radius 2 is 1.89 bits per heavy atom. The molecule has 0 saturated carbocycles. The molecule has 0 aliphatic carbocycles. The molecule has 0 spiro atoms. The lowest BCUT2D eigenvalue weighted by atomic mass is 9.88. The van der Waals surface area contributed by atoms with Gasteiger partial charge in [-0.15, -0.1) is 0 Å². The molecule has 1 aliphatic heterocycles. The Morgan fingerprint density at radius 3 is 2.49 bits per heavy atom. The maximum Gasteiger partial charge on any atom is 0.414 e. The summed E-state index contributed by atoms with van der Waals surface area (Å²) in [6.07, 6.45) is -0.681. The van der Waals surface area contributed by atoms with Crippen LogP contribution in [0.3, 0.4) is 0 Å². The molecule has 0 fully saturated rings. The van der Waals surface area contributed by atoms with E-state index in [0.29, 0.717) is 28.6 Å². The van der Waals surface area contributed by atoms with E-state index in [4.69, 9.17) is 21.1 Å². The van der Waals surface area contributed by atoms with E-state index in [-0.39, 0.29) is 12.5 Å². The molecule has 0 bridgehead atoms. The zero-order chi connectivity index (χ0) is 25.8. The summed E-state index contributed by atoms with van der Waals surface area (Å²) in [5.41, 5.74) is 4.98. The molecule has 0 saturated heterocycles. The first kappa shape index (κ1) is 24.9. The minimum absolute atomic E-state index is 0.00665. The van der Waals surface area contributed by atoms with Crippen molar-refractivity contribution in [2.24, 2.45) is 0 Å². The molecule has 8 heteroatoms. The number of carbonyl (C=O) groups excluding carboxylic acids is 1. The van der Waals surface area contributed by atoms with Crippen LogP contribution in [0.25, 0.3) is 22.0 Å². The molecule has 1 atom stereocenters. The van der Waals surface area contributed by atoms with Crippen LogP contribution in [0.1, 0.15) is 50.6 Å². The van der Waals surface area contributed by atoms with Gasteiger partial charge in [-0.1, -0.05) is 11.6 Å². The van der Waals surface area contributed by atoms with E-state index >= 15 is 0 Å². The zero-order valence-corrected chi connectivity index (χ0v) is 21.9. The van der Waals surface area contributed by atoms with E-state index in [1.54, 1.807) is 17.0 Å². The van der Waals surface area contributed by atoms with Crippen LogP contribution in [-0.4, -0.2) is 41.0 Å². The maximum absolute atomic E-state index is 12.8. The number of aromatic nitrogens is 1. The van der Waals surface area contributed by atoms with Crippen LogP contribution in [0.15, 0.2) is 24.3 Å². The van der Waals surface area contributed by atoms with Gasteiger partial charge >= 0.3 is 12.1 Å². The highest BCUT2D eigenvalue weighted by Gasteiger charge is 2.35. The highest BCUT2D eigenvalue weighted by molar-refractivity contribution is 6.31. The van der Waals surface area contributed by atoms with Crippen LogP contribution < -0.4 is 9.64 Å². The first-order chi connectivity index (χ1) is 16.3. The van der Waals surface area contributed by atoms with Crippen molar-refractivity contribution in [2.45, 2.75) is 59.6 Å². The van der Waals surface area contributed by atoms with Gasteiger partial charge in [0.1, 0.15) is 11.4 Å². The summed E-state index contributed by atoms with van der Waals surface area (Å²) in [5.74, 6) is -0.386. The number of amides is 1. The van der Waals surface area contributed by atoms with Gasteiger partial charge in [0.25, 0.3) is 0 Å². The number of aryl methyl sites for hydroxylation is 1. The number of anilines is 1. The van der Waals surface area contributed by atoms with Gasteiger partial charge in [0, 0.05) is 34.3 Å². The van der Waals surface area contributed by atoms with Gasteiger partial charge in [0.05, 0.1) is 24.7 Å². The summed E-state index contributed by atoms with van der Waals surface area (Å²) < 4.78 is 13.6. The standard InChI is InChI=1S/C27H31ClN2O5/c1-14-10-20-23(18-9-8-17(28)11-21(18)35-27(4,5)6)19(12-22(31)32)16(3)24-25(20)30(14)15(2)13-29(24)26(33)34-7/h8-11,15H,12-13H2,1-7H3,(H,31,32). The van der Waals surface area contributed by atoms with E-state index in [2.05, 4.69) is 17.6 Å². The van der Waals surface area contributed by atoms with Crippen molar-refractivity contribution in [3.63, 3.8) is 0 Å². The molecular weight excluding hydrogens is 468 g/mol. The van der Waals surface area contributed by atoms with Crippen molar-refractivity contribution in [1.82, 2.24) is 4.57 Å². The highest BCUT2D eigenvalue weighted by Crippen LogP contribution is 2.49. The maximum atomic E-state index is 12.8. The number of carboxylic acid groups (broad SMARTS) is 1. The number of hydrogen-bond acceptors (Lipinski definition) is 4. The first-order valence-corrected chi connectivity index (χ1v) is 11.9. The minimum Gasteiger partial charge on any atom is -0.487 e. The fraction of sp³-hybridized carbons (Fsp3) is 0.407. The third-order valence-electron chi connectivity index (χ3n) is 6.34. The van der Waals surface area contributed by atoms with Crippen LogP contribution in [-0.2, 0) is 16.0 Å². The molecule has 1 aromatic heterocycles. The second-order valence-corrected chi connectivity index (χ2v) is 10.5. The second-order valence-electron chi connectivity index (χ2n) is 10.1. The SMILES string of the molecule is COC(=O)N1CC(C)n2c(C)cc3c(-c4ccc(Cl)cc4OC(C)(C)C)c(CC(=O)O)c(C)c1c32. The number of carbonyl (C=O) groups is 2. The zero-order valence-electron chi connectivity index (χ0n) is 21.2. The third kappa shape index (κ3) is 4.33. The lowest BCUT2D eigenvalue weighted by Crippen LogP contribution is -2.39. The summed E-state index contributed by atoms with van der Waals surface area (Å²) in [6, 6.07) is 7.49. The molecule has 2 heterocycles. The van der Waals surface area contributed by atoms with Crippen LogP contribution in [0.2, 0.25) is 5.02 Å². The molecule has 186 valence electrons. The van der Waals surface area contributed by atoms with Gasteiger partial charge in [-0.3, -0.25) is 9.69 Å². The van der Waals surface area contributed by atoms with E-state index in [1.807, 2.05) is 40.7 Å². The summed E-state index contributed by atoms with van der Waals surface area (Å²) >= 11 is 6.35. The van der Waals surface area contributed by atoms with Crippen molar-refractivity contribution in [3.8, 4) is 16.9 Å². The number of methoxy groups -OCH3 is 1. The minimum atomic E-state index is -0.960. The normalized spacial score (nSPS) is 15.4. The van der Waals surface area contributed by atoms with Crippen molar-refractivity contribution in [3.05, 3.63) is 46.1 Å². The third-order valence-corrected chi connectivity index (χ3v) is 6.58. The van der Waals surface area contributed by atoms with Crippen molar-refractivity contribution in [2.75, 3.05) is 18.6 Å². The fourth-order valence-corrected chi connectivity index (χ4v) is 5.33. The summed E-state index contributed by atoms with van der Waals surface area (Å²) in [7, 11) is 1.36. The predicted octanol–water partition coefficient (Wildman–Crippen LogP) is 6.53. The number of halogens is 1. The Morgan fingerprint density at radius 1 is 1.20 bits per heavy atom. The lowest BCUT2D eigenvalue weighted by Gasteiger charge is -2.35. The molecular formula is C27H31ClN2O5. The molecule has 1 unspecified atom stereocenters. The Hall–Kier alpha value is -3.19. The number of benzene rings is 2. The molecule has 1 aliphatic rings. The van der Waals surface area contributed by atoms with Gasteiger partial charge in [-0.25, -0.2) is 4.79 Å². The van der Waals surface area contributed by atoms with Gasteiger partial charge in [0.2, 0.25) is 0 Å². The highest BCUT2D eigenvalue weighted by atomic mass is 35.5. The fourth-order valence-electron chi connectivity index (χ4n) is 5.16. The molecule has 3 aromatic rings. The van der Waals surface area contributed by atoms with Gasteiger partial charge in [0.15, 0.2) is 0 Å². The molecule has 7 nitrogen and oxygen atoms in total. The average molecular weight is 499 g/mol. The van der Waals surface area contributed by atoms with Gasteiger partial charge in [-0.05, 0) is 82.5 Å². The smallest absolute Gasteiger partial charge is 0.414 e. The lowest BCUT2D eigenvalue weighted by molar-refractivity contribution is -0.136. The van der Waals surface area contributed by atoms with E-state index < -0.39 is 17.7 Å². The quantitative estimate of drug-likeness (QED) is 0.442. The largest absolute Gasteiger partial charge is 0.487 e. The first-order valence-electron chi connectivity index (χ1n) is 11.6. The van der Waals surface area contributed by atoms with Gasteiger partial charge < -0.3 is 19.1 Å². The molecule has 1 amide bonds. The van der Waals surface area contributed by atoms with E-state index in [9.17, 15) is 14.7 Å². The molecule has 1 N–H and O–H groups in total. The Labute approximate surface area is 210 Å². The second kappa shape index (κ2) is 8.79. The van der Waals surface area contributed by atoms with Crippen LogP contribution in [0.5, 0.6) is 5.75 Å². The van der Waals surface area contributed by atoms with E-state index in [1.165, 1.54) is 7.11 Å². The Balaban J connectivity index is 2.17. The number of aliphatic carboxylic acids is 1. The number of rotatable bonds is 4. The molecule has 2 aromatic carbocycles. The number of ether oxygens (including phenoxy) is 2. The van der Waals surface area contributed by atoms with Crippen molar-refractivity contribution >= 4 is 40.3 Å². The topological polar surface area (TPSA) is 81.0 Å². The Kier molecular flexibility index (Phi) is 6.26. The van der Waals surface area contributed by atoms with Crippen LogP contribution in [0, 0.1) is 13.8 Å². The monoisotopic (exact) mass is 498 g/mol. The molecule has 4 rings (SSSR count). The summed E-state index contributed by atoms with van der Waals surface area (Å²) in [6.45, 7) is 12.2. The molecule has 35 heavy (non-hydrogen) atoms. The van der Waals surface area contributed by atoms with Gasteiger partial charge in [-0.2, -0.15) is 0 Å². The average Bonchev–Trinajstić information content (AvgIpc) is 3.09. The van der Waals surface area contributed by atoms with Crippen molar-refractivity contribution in [1.29, 1.82) is 0 Å². The Bertz CT molecular complexity index is 1350. The summed E-state index contributed by atoms with van der Waals surface area (Å²) in [5, 5.41) is 11.3. The van der Waals surface area contributed by atoms with Crippen LogP contribution in [0.4, 0.5) is 10.5 Å². The number of carboxylic acids is 1. The van der Waals surface area contributed by atoms with E-state index in [0.717, 1.165) is 33.3 Å². The van der Waals surface area contributed by atoms with Crippen molar-refractivity contribution < 1.29 is 24.2 Å². The molecule has 0 radical (unpaired) electrons. The summed E-state index contributed by atoms with van der Waals surface area (Å²) in [4.78, 5) is 26.5. The van der Waals surface area contributed by atoms with Crippen LogP contribution >= 0.6 is 11.6 Å². The number of nitrogens with zero attached hydrogens (tertiary/aromatic N) is 2. The predicted molar refractivity (Wildman–Crippen MR) is 138 cm³/mol.